The number of anilines is 1. The number of hydrogen-bond acceptors (Lipinski definition) is 5. The van der Waals surface area contributed by atoms with Crippen LogP contribution in [-0.4, -0.2) is 28.0 Å². The summed E-state index contributed by atoms with van der Waals surface area (Å²) >= 11 is 0. The molecule has 35 heavy (non-hydrogen) atoms. The average molecular weight is 472 g/mol. The first-order valence-corrected chi connectivity index (χ1v) is 11.1. The third kappa shape index (κ3) is 5.33. The average Bonchev–Trinajstić information content (AvgIpc) is 3.22. The Morgan fingerprint density at radius 2 is 1.66 bits per heavy atom. The Kier molecular flexibility index (Phi) is 7.11. The molecule has 0 saturated carbocycles. The van der Waals surface area contributed by atoms with E-state index in [2.05, 4.69) is 10.3 Å². The van der Waals surface area contributed by atoms with E-state index in [9.17, 15) is 14.4 Å². The van der Waals surface area contributed by atoms with E-state index in [1.807, 2.05) is 19.1 Å². The van der Waals surface area contributed by atoms with E-state index in [0.717, 1.165) is 5.69 Å². The van der Waals surface area contributed by atoms with Crippen LogP contribution in [0.3, 0.4) is 0 Å². The molecular weight excluding hydrogens is 446 g/mol. The van der Waals surface area contributed by atoms with E-state index in [-0.39, 0.29) is 11.3 Å². The molecule has 3 aromatic carbocycles. The third-order valence-electron chi connectivity index (χ3n) is 5.33. The van der Waals surface area contributed by atoms with Gasteiger partial charge in [0.25, 0.3) is 5.91 Å². The Balaban J connectivity index is 1.57. The van der Waals surface area contributed by atoms with Gasteiger partial charge < -0.3 is 19.8 Å². The van der Waals surface area contributed by atoms with Crippen LogP contribution < -0.4 is 15.7 Å². The second kappa shape index (κ2) is 10.6. The van der Waals surface area contributed by atoms with Crippen molar-refractivity contribution in [2.24, 2.45) is 0 Å². The summed E-state index contributed by atoms with van der Waals surface area (Å²) < 4.78 is 12.7. The fraction of sp³-hybridized carbons (Fsp3) is 0.148. The van der Waals surface area contributed by atoms with Gasteiger partial charge in [-0.05, 0) is 50.2 Å². The van der Waals surface area contributed by atoms with Gasteiger partial charge in [-0.25, -0.2) is 9.59 Å². The predicted molar refractivity (Wildman–Crippen MR) is 132 cm³/mol. The van der Waals surface area contributed by atoms with Gasteiger partial charge in [0.05, 0.1) is 23.5 Å². The maximum absolute atomic E-state index is 13.2. The van der Waals surface area contributed by atoms with Gasteiger partial charge in [-0.1, -0.05) is 42.5 Å². The molecule has 0 fully saturated rings. The van der Waals surface area contributed by atoms with Gasteiger partial charge in [0.1, 0.15) is 5.75 Å². The van der Waals surface area contributed by atoms with Gasteiger partial charge in [-0.3, -0.25) is 9.36 Å². The lowest BCUT2D eigenvalue weighted by molar-refractivity contribution is -0.125. The molecule has 0 aliphatic rings. The monoisotopic (exact) mass is 471 g/mol. The van der Waals surface area contributed by atoms with Crippen LogP contribution in [0.25, 0.3) is 5.69 Å². The summed E-state index contributed by atoms with van der Waals surface area (Å²) in [6, 6.07) is 22.2. The molecule has 0 aliphatic heterocycles. The van der Waals surface area contributed by atoms with Gasteiger partial charge in [0.15, 0.2) is 0 Å². The molecule has 1 aromatic heterocycles. The smallest absolute Gasteiger partial charge is 0.339 e. The highest BCUT2D eigenvalue weighted by Crippen LogP contribution is 2.27. The standard InChI is InChI=1S/C27H25N3O5/c1-3-34-23-12-8-7-11-22(23)29-25(31)24(19-9-5-4-6-10-19)35-26(32)20-13-15-21(16-14-20)30-18(2)17-28-27(30)33/h4-17,24H,3H2,1-2H3,(H,28,33)(H,29,31). The lowest BCUT2D eigenvalue weighted by atomic mass is 10.1. The maximum Gasteiger partial charge on any atom is 0.339 e. The molecule has 1 heterocycles. The second-order valence-electron chi connectivity index (χ2n) is 7.73. The van der Waals surface area contributed by atoms with E-state index in [1.54, 1.807) is 79.9 Å². The number of aromatic amines is 1. The van der Waals surface area contributed by atoms with E-state index >= 15 is 0 Å². The van der Waals surface area contributed by atoms with Crippen LogP contribution in [0, 0.1) is 6.92 Å². The van der Waals surface area contributed by atoms with Crippen molar-refractivity contribution in [1.82, 2.24) is 9.55 Å². The zero-order chi connectivity index (χ0) is 24.8. The molecule has 1 unspecified atom stereocenters. The number of aromatic nitrogens is 2. The third-order valence-corrected chi connectivity index (χ3v) is 5.33. The number of para-hydroxylation sites is 2. The second-order valence-corrected chi connectivity index (χ2v) is 7.73. The maximum atomic E-state index is 13.2. The van der Waals surface area contributed by atoms with Crippen molar-refractivity contribution >= 4 is 17.6 Å². The number of imidazole rings is 1. The molecule has 0 saturated heterocycles. The lowest BCUT2D eigenvalue weighted by Gasteiger charge is -2.19. The predicted octanol–water partition coefficient (Wildman–Crippen LogP) is 4.41. The Labute approximate surface area is 202 Å². The molecule has 8 heteroatoms. The normalized spacial score (nSPS) is 11.5. The first-order chi connectivity index (χ1) is 17.0. The number of esters is 1. The van der Waals surface area contributed by atoms with Crippen LogP contribution >= 0.6 is 0 Å². The number of hydrogen-bond donors (Lipinski definition) is 2. The molecular formula is C27H25N3O5. The zero-order valence-electron chi connectivity index (χ0n) is 19.4. The van der Waals surface area contributed by atoms with Crippen LogP contribution in [0.1, 0.15) is 34.6 Å². The van der Waals surface area contributed by atoms with Crippen molar-refractivity contribution in [3.8, 4) is 11.4 Å². The van der Waals surface area contributed by atoms with Gasteiger partial charge in [0, 0.05) is 17.5 Å². The molecule has 0 aliphatic carbocycles. The number of carbonyl (C=O) groups excluding carboxylic acids is 2. The largest absolute Gasteiger partial charge is 0.492 e. The summed E-state index contributed by atoms with van der Waals surface area (Å²) in [6.07, 6.45) is 0.421. The Morgan fingerprint density at radius 3 is 2.31 bits per heavy atom. The Hall–Kier alpha value is -4.59. The molecule has 0 radical (unpaired) electrons. The number of nitrogens with zero attached hydrogens (tertiary/aromatic N) is 1. The molecule has 0 bridgehead atoms. The van der Waals surface area contributed by atoms with Crippen LogP contribution in [0.4, 0.5) is 5.69 Å². The molecule has 4 rings (SSSR count). The minimum atomic E-state index is -1.19. The first-order valence-electron chi connectivity index (χ1n) is 11.1. The Bertz CT molecular complexity index is 1370. The quantitative estimate of drug-likeness (QED) is 0.371. The van der Waals surface area contributed by atoms with Crippen molar-refractivity contribution in [2.75, 3.05) is 11.9 Å². The summed E-state index contributed by atoms with van der Waals surface area (Å²) in [5.74, 6) is -0.660. The van der Waals surface area contributed by atoms with Crippen LogP contribution in [0.5, 0.6) is 5.75 Å². The van der Waals surface area contributed by atoms with Crippen molar-refractivity contribution in [3.63, 3.8) is 0 Å². The molecule has 8 nitrogen and oxygen atoms in total. The molecule has 0 spiro atoms. The van der Waals surface area contributed by atoms with Crippen molar-refractivity contribution < 1.29 is 19.1 Å². The fourth-order valence-electron chi connectivity index (χ4n) is 3.65. The van der Waals surface area contributed by atoms with Gasteiger partial charge in [-0.15, -0.1) is 0 Å². The summed E-state index contributed by atoms with van der Waals surface area (Å²) in [4.78, 5) is 40.9. The number of benzene rings is 3. The minimum absolute atomic E-state index is 0.249. The highest BCUT2D eigenvalue weighted by Gasteiger charge is 2.26. The minimum Gasteiger partial charge on any atom is -0.492 e. The summed E-state index contributed by atoms with van der Waals surface area (Å²) in [5.41, 5.74) is 2.32. The number of aryl methyl sites for hydroxylation is 1. The highest BCUT2D eigenvalue weighted by molar-refractivity contribution is 5.99. The van der Waals surface area contributed by atoms with Crippen LogP contribution in [-0.2, 0) is 9.53 Å². The number of rotatable bonds is 8. The van der Waals surface area contributed by atoms with E-state index in [1.165, 1.54) is 4.57 Å². The number of carbonyl (C=O) groups is 2. The van der Waals surface area contributed by atoms with Gasteiger partial charge >= 0.3 is 11.7 Å². The lowest BCUT2D eigenvalue weighted by Crippen LogP contribution is -2.26. The molecule has 1 amide bonds. The van der Waals surface area contributed by atoms with E-state index in [4.69, 9.17) is 9.47 Å². The molecule has 178 valence electrons. The first kappa shape index (κ1) is 23.6. The number of ether oxygens (including phenoxy) is 2. The summed E-state index contributed by atoms with van der Waals surface area (Å²) in [7, 11) is 0. The molecule has 2 N–H and O–H groups in total. The van der Waals surface area contributed by atoms with E-state index in [0.29, 0.717) is 29.3 Å². The fourth-order valence-corrected chi connectivity index (χ4v) is 3.65. The van der Waals surface area contributed by atoms with Crippen LogP contribution in [0.15, 0.2) is 89.9 Å². The van der Waals surface area contributed by atoms with Gasteiger partial charge in [-0.2, -0.15) is 0 Å². The molecule has 4 aromatic rings. The zero-order valence-corrected chi connectivity index (χ0v) is 19.4. The Morgan fingerprint density at radius 1 is 0.971 bits per heavy atom. The van der Waals surface area contributed by atoms with Crippen molar-refractivity contribution in [1.29, 1.82) is 0 Å². The van der Waals surface area contributed by atoms with Crippen molar-refractivity contribution in [2.45, 2.75) is 20.0 Å². The number of nitrogens with one attached hydrogen (secondary N) is 2. The SMILES string of the molecule is CCOc1ccccc1NC(=O)C(OC(=O)c1ccc(-n2c(C)c[nH]c2=O)cc1)c1ccccc1. The van der Waals surface area contributed by atoms with E-state index < -0.39 is 18.0 Å². The summed E-state index contributed by atoms with van der Waals surface area (Å²) in [6.45, 7) is 4.09. The van der Waals surface area contributed by atoms with Gasteiger partial charge in [0.2, 0.25) is 6.10 Å². The number of H-pyrrole nitrogens is 1. The summed E-state index contributed by atoms with van der Waals surface area (Å²) in [5, 5.41) is 2.81. The highest BCUT2D eigenvalue weighted by atomic mass is 16.5. The number of amides is 1. The molecule has 1 atom stereocenters. The van der Waals surface area contributed by atoms with Crippen molar-refractivity contribution in [3.05, 3.63) is 112 Å². The van der Waals surface area contributed by atoms with Crippen LogP contribution in [0.2, 0.25) is 0 Å². The topological polar surface area (TPSA) is 102 Å².